The van der Waals surface area contributed by atoms with Crippen molar-refractivity contribution in [3.8, 4) is 0 Å². The van der Waals surface area contributed by atoms with E-state index in [0.29, 0.717) is 5.70 Å². The number of aliphatic imine (C=N–C) groups is 2. The second-order valence-electron chi connectivity index (χ2n) is 7.63. The van der Waals surface area contributed by atoms with Crippen LogP contribution in [0, 0.1) is 0 Å². The van der Waals surface area contributed by atoms with Crippen molar-refractivity contribution in [2.24, 2.45) is 9.98 Å². The normalized spacial score (nSPS) is 24.8. The molecule has 0 saturated heterocycles. The molecule has 0 fully saturated rings. The minimum absolute atomic E-state index is 0.493. The summed E-state index contributed by atoms with van der Waals surface area (Å²) in [7, 11) is 0. The van der Waals surface area contributed by atoms with Gasteiger partial charge in [-0.15, -0.1) is 0 Å². The van der Waals surface area contributed by atoms with Gasteiger partial charge in [-0.2, -0.15) is 0 Å². The van der Waals surface area contributed by atoms with Gasteiger partial charge in [-0.25, -0.2) is 9.98 Å². The first-order valence-corrected chi connectivity index (χ1v) is 9.75. The number of fused-ring (bicyclic) bond motifs is 5. The molecule has 2 aliphatic heterocycles. The number of hydrogen-bond acceptors (Lipinski definition) is 5. The molecule has 0 spiro atoms. The van der Waals surface area contributed by atoms with E-state index in [1.54, 1.807) is 23.0 Å². The van der Waals surface area contributed by atoms with E-state index in [1.165, 1.54) is 34.8 Å². The SMILES string of the molecule is OC12N=CNC=C1N=CN2c1cccc2c3c(ccc12)C1=C(CCC=C1)CC3. The number of aryl methyl sites for hydroxylation is 1. The fourth-order valence-corrected chi connectivity index (χ4v) is 4.81. The molecular weight excluding hydrogens is 348 g/mol. The minimum Gasteiger partial charge on any atom is -0.351 e. The van der Waals surface area contributed by atoms with Gasteiger partial charge in [0.2, 0.25) is 0 Å². The van der Waals surface area contributed by atoms with Crippen molar-refractivity contribution in [3.05, 3.63) is 71.1 Å². The van der Waals surface area contributed by atoms with E-state index in [-0.39, 0.29) is 0 Å². The van der Waals surface area contributed by atoms with Gasteiger partial charge in [0, 0.05) is 11.6 Å². The van der Waals surface area contributed by atoms with Crippen LogP contribution in [-0.4, -0.2) is 23.6 Å². The van der Waals surface area contributed by atoms with E-state index >= 15 is 0 Å². The Labute approximate surface area is 163 Å². The molecule has 2 aromatic rings. The molecule has 0 saturated carbocycles. The minimum atomic E-state index is -1.49. The van der Waals surface area contributed by atoms with Crippen molar-refractivity contribution >= 4 is 34.7 Å². The summed E-state index contributed by atoms with van der Waals surface area (Å²) in [6.07, 6.45) is 14.0. The molecule has 2 aliphatic carbocycles. The summed E-state index contributed by atoms with van der Waals surface area (Å²) in [5.41, 5.74) is 7.16. The standard InChI is InChI=1S/C23H20N4O/c28-23-22(12-24-13-26-23)25-14-27(23)21-7-3-6-17-19-9-8-15-4-1-2-5-16(15)18(19)10-11-20(17)21/h2-3,5-7,10-14,28H,1,4,8-9H2,(H,24,26). The number of anilines is 1. The van der Waals surface area contributed by atoms with Crippen LogP contribution in [0.2, 0.25) is 0 Å². The van der Waals surface area contributed by atoms with Gasteiger partial charge >= 0.3 is 0 Å². The highest BCUT2D eigenvalue weighted by molar-refractivity contribution is 6.04. The van der Waals surface area contributed by atoms with Crippen LogP contribution in [0.25, 0.3) is 16.3 Å². The average Bonchev–Trinajstić information content (AvgIpc) is 3.09. The van der Waals surface area contributed by atoms with E-state index in [1.807, 2.05) is 6.07 Å². The summed E-state index contributed by atoms with van der Waals surface area (Å²) in [4.78, 5) is 10.4. The molecular formula is C23H20N4O. The number of hydrogen-bond donors (Lipinski definition) is 2. The van der Waals surface area contributed by atoms with Gasteiger partial charge in [0.15, 0.2) is 0 Å². The van der Waals surface area contributed by atoms with Crippen LogP contribution in [0.15, 0.2) is 69.9 Å². The van der Waals surface area contributed by atoms with Crippen LogP contribution in [-0.2, 0) is 6.42 Å². The van der Waals surface area contributed by atoms with E-state index in [0.717, 1.165) is 30.3 Å². The van der Waals surface area contributed by atoms with Crippen LogP contribution in [0.5, 0.6) is 0 Å². The quantitative estimate of drug-likeness (QED) is 0.804. The molecule has 5 nitrogen and oxygen atoms in total. The smallest absolute Gasteiger partial charge is 0.290 e. The summed E-state index contributed by atoms with van der Waals surface area (Å²) >= 11 is 0. The summed E-state index contributed by atoms with van der Waals surface area (Å²) in [5.74, 6) is -1.49. The van der Waals surface area contributed by atoms with Gasteiger partial charge in [-0.1, -0.05) is 42.0 Å². The molecule has 0 amide bonds. The Bertz CT molecular complexity index is 1170. The van der Waals surface area contributed by atoms with Crippen molar-refractivity contribution < 1.29 is 5.11 Å². The van der Waals surface area contributed by atoms with Crippen LogP contribution < -0.4 is 10.2 Å². The fraction of sp³-hybridized carbons (Fsp3) is 0.217. The summed E-state index contributed by atoms with van der Waals surface area (Å²) in [6, 6.07) is 10.7. The maximum atomic E-state index is 11.2. The van der Waals surface area contributed by atoms with Crippen molar-refractivity contribution in [2.75, 3.05) is 4.90 Å². The Morgan fingerprint density at radius 3 is 3.00 bits per heavy atom. The lowest BCUT2D eigenvalue weighted by Crippen LogP contribution is -2.46. The first-order chi connectivity index (χ1) is 13.8. The zero-order valence-corrected chi connectivity index (χ0v) is 15.4. The number of allylic oxidation sites excluding steroid dienone is 4. The van der Waals surface area contributed by atoms with Gasteiger partial charge < -0.3 is 10.4 Å². The zero-order chi connectivity index (χ0) is 18.7. The van der Waals surface area contributed by atoms with Crippen LogP contribution in [0.1, 0.15) is 30.4 Å². The van der Waals surface area contributed by atoms with E-state index < -0.39 is 5.85 Å². The summed E-state index contributed by atoms with van der Waals surface area (Å²) in [6.45, 7) is 0. The summed E-state index contributed by atoms with van der Waals surface area (Å²) < 4.78 is 0. The third-order valence-electron chi connectivity index (χ3n) is 6.19. The Balaban J connectivity index is 1.54. The molecule has 0 bridgehead atoms. The number of nitrogens with zero attached hydrogens (tertiary/aromatic N) is 3. The molecule has 1 atom stereocenters. The van der Waals surface area contributed by atoms with Gasteiger partial charge in [-0.3, -0.25) is 4.90 Å². The van der Waals surface area contributed by atoms with Crippen molar-refractivity contribution in [2.45, 2.75) is 31.5 Å². The molecule has 1 unspecified atom stereocenters. The zero-order valence-electron chi connectivity index (χ0n) is 15.4. The van der Waals surface area contributed by atoms with Crippen molar-refractivity contribution in [1.82, 2.24) is 5.32 Å². The lowest BCUT2D eigenvalue weighted by molar-refractivity contribution is 0.102. The van der Waals surface area contributed by atoms with Crippen LogP contribution in [0.3, 0.4) is 0 Å². The first kappa shape index (κ1) is 15.8. The fourth-order valence-electron chi connectivity index (χ4n) is 4.81. The summed E-state index contributed by atoms with van der Waals surface area (Å²) in [5, 5.41) is 16.4. The molecule has 2 aromatic carbocycles. The third kappa shape index (κ3) is 2.05. The molecule has 138 valence electrons. The second kappa shape index (κ2) is 5.66. The Hall–Kier alpha value is -3.18. The predicted molar refractivity (Wildman–Crippen MR) is 113 cm³/mol. The molecule has 2 heterocycles. The van der Waals surface area contributed by atoms with Gasteiger partial charge in [-0.05, 0) is 53.8 Å². The molecule has 2 N–H and O–H groups in total. The predicted octanol–water partition coefficient (Wildman–Crippen LogP) is 3.86. The van der Waals surface area contributed by atoms with Gasteiger partial charge in [0.05, 0.1) is 18.4 Å². The highest BCUT2D eigenvalue weighted by Crippen LogP contribution is 2.43. The topological polar surface area (TPSA) is 60.2 Å². The second-order valence-corrected chi connectivity index (χ2v) is 7.63. The number of nitrogens with one attached hydrogen (secondary N) is 1. The van der Waals surface area contributed by atoms with Crippen molar-refractivity contribution in [1.29, 1.82) is 0 Å². The van der Waals surface area contributed by atoms with Gasteiger partial charge in [0.1, 0.15) is 5.70 Å². The van der Waals surface area contributed by atoms with E-state index in [2.05, 4.69) is 51.7 Å². The molecule has 0 aromatic heterocycles. The Morgan fingerprint density at radius 2 is 2.04 bits per heavy atom. The van der Waals surface area contributed by atoms with E-state index in [9.17, 15) is 5.11 Å². The van der Waals surface area contributed by atoms with Gasteiger partial charge in [0.25, 0.3) is 5.85 Å². The highest BCUT2D eigenvalue weighted by atomic mass is 16.3. The first-order valence-electron chi connectivity index (χ1n) is 9.75. The largest absolute Gasteiger partial charge is 0.351 e. The molecule has 5 heteroatoms. The molecule has 28 heavy (non-hydrogen) atoms. The van der Waals surface area contributed by atoms with Crippen molar-refractivity contribution in [3.63, 3.8) is 0 Å². The number of benzene rings is 2. The molecule has 6 rings (SSSR count). The maximum absolute atomic E-state index is 11.2. The number of aliphatic hydroxyl groups is 1. The van der Waals surface area contributed by atoms with Crippen LogP contribution >= 0.6 is 0 Å². The van der Waals surface area contributed by atoms with E-state index in [4.69, 9.17) is 0 Å². The van der Waals surface area contributed by atoms with Crippen LogP contribution in [0.4, 0.5) is 5.69 Å². The highest BCUT2D eigenvalue weighted by Gasteiger charge is 2.44. The Morgan fingerprint density at radius 1 is 1.07 bits per heavy atom. The Kier molecular flexibility index (Phi) is 3.20. The maximum Gasteiger partial charge on any atom is 0.290 e. The average molecular weight is 368 g/mol. The molecule has 4 aliphatic rings. The lowest BCUT2D eigenvalue weighted by atomic mass is 9.79. The third-order valence-corrected chi connectivity index (χ3v) is 6.19. The lowest BCUT2D eigenvalue weighted by Gasteiger charge is -2.32. The number of rotatable bonds is 1. The monoisotopic (exact) mass is 368 g/mol. The molecule has 0 radical (unpaired) electrons.